The Hall–Kier alpha value is -4.03. The van der Waals surface area contributed by atoms with Gasteiger partial charge in [0, 0.05) is 33.2 Å². The molecule has 0 saturated heterocycles. The van der Waals surface area contributed by atoms with Gasteiger partial charge in [-0.05, 0) is 55.3 Å². The van der Waals surface area contributed by atoms with Crippen molar-refractivity contribution < 1.29 is 13.9 Å². The van der Waals surface area contributed by atoms with Gasteiger partial charge in [0.05, 0.1) is 24.4 Å². The Bertz CT molecular complexity index is 1530. The second kappa shape index (κ2) is 8.72. The first-order chi connectivity index (χ1) is 16.4. The number of methoxy groups -OCH3 is 1. The third-order valence-corrected chi connectivity index (χ3v) is 6.06. The zero-order valence-electron chi connectivity index (χ0n) is 18.9. The van der Waals surface area contributed by atoms with E-state index in [0.29, 0.717) is 16.7 Å². The molecule has 0 spiro atoms. The average molecular weight is 472 g/mol. The number of ether oxygens (including phenoxy) is 1. The van der Waals surface area contributed by atoms with E-state index in [1.807, 2.05) is 68.4 Å². The maximum absolute atomic E-state index is 12.8. The van der Waals surface area contributed by atoms with Crippen molar-refractivity contribution in [3.05, 3.63) is 83.1 Å². The number of furan rings is 1. The van der Waals surface area contributed by atoms with E-state index < -0.39 is 0 Å². The number of rotatable bonds is 5. The number of hydrogen-bond donors (Lipinski definition) is 2. The third-order valence-electron chi connectivity index (χ3n) is 5.81. The fraction of sp³-hybridized carbons (Fsp3) is 0.111. The maximum atomic E-state index is 12.8. The molecule has 0 radical (unpaired) electrons. The quantitative estimate of drug-likeness (QED) is 0.271. The number of anilines is 1. The molecular formula is C27H22ClN3O3. The highest BCUT2D eigenvalue weighted by Crippen LogP contribution is 2.40. The molecule has 0 unspecified atom stereocenters. The summed E-state index contributed by atoms with van der Waals surface area (Å²) < 4.78 is 11.6. The number of benzene rings is 3. The van der Waals surface area contributed by atoms with Crippen LogP contribution in [0.2, 0.25) is 5.02 Å². The van der Waals surface area contributed by atoms with Gasteiger partial charge < -0.3 is 14.1 Å². The number of nitrogens with one attached hydrogen (secondary N) is 2. The van der Waals surface area contributed by atoms with E-state index in [9.17, 15) is 4.79 Å². The largest absolute Gasteiger partial charge is 0.496 e. The van der Waals surface area contributed by atoms with Gasteiger partial charge in [0.1, 0.15) is 11.3 Å². The number of aromatic nitrogens is 2. The SMILES string of the molecule is COc1c(/C(C)=C/C(=O)Nc2nc3ccccc3[nH]2)cc2c(-c3ccc(Cl)cc3)coc2c1C. The molecule has 0 aliphatic heterocycles. The summed E-state index contributed by atoms with van der Waals surface area (Å²) in [5.74, 6) is 0.768. The minimum atomic E-state index is -0.290. The van der Waals surface area contributed by atoms with Gasteiger partial charge in [-0.1, -0.05) is 35.9 Å². The smallest absolute Gasteiger partial charge is 0.250 e. The maximum Gasteiger partial charge on any atom is 0.250 e. The molecule has 0 fully saturated rings. The normalized spacial score (nSPS) is 11.8. The zero-order valence-corrected chi connectivity index (χ0v) is 19.7. The van der Waals surface area contributed by atoms with Crippen molar-refractivity contribution in [1.82, 2.24) is 9.97 Å². The summed E-state index contributed by atoms with van der Waals surface area (Å²) in [5, 5.41) is 4.41. The lowest BCUT2D eigenvalue weighted by atomic mass is 9.96. The van der Waals surface area contributed by atoms with Crippen molar-refractivity contribution in [1.29, 1.82) is 0 Å². The lowest BCUT2D eigenvalue weighted by molar-refractivity contribution is -0.111. The van der Waals surface area contributed by atoms with E-state index in [4.69, 9.17) is 20.8 Å². The molecule has 5 aromatic rings. The average Bonchev–Trinajstić information content (AvgIpc) is 3.43. The predicted molar refractivity (Wildman–Crippen MR) is 136 cm³/mol. The van der Waals surface area contributed by atoms with Crippen LogP contribution in [0.1, 0.15) is 18.1 Å². The Labute approximate surface area is 201 Å². The van der Waals surface area contributed by atoms with Crippen LogP contribution in [0.5, 0.6) is 5.75 Å². The summed E-state index contributed by atoms with van der Waals surface area (Å²) in [6.45, 7) is 3.82. The molecule has 3 aromatic carbocycles. The molecule has 0 bridgehead atoms. The van der Waals surface area contributed by atoms with Crippen molar-refractivity contribution in [3.8, 4) is 16.9 Å². The minimum absolute atomic E-state index is 0.290. The van der Waals surface area contributed by atoms with Crippen LogP contribution in [-0.2, 0) is 4.79 Å². The van der Waals surface area contributed by atoms with Crippen molar-refractivity contribution >= 4 is 51.0 Å². The minimum Gasteiger partial charge on any atom is -0.496 e. The number of fused-ring (bicyclic) bond motifs is 2. The van der Waals surface area contributed by atoms with Crippen LogP contribution >= 0.6 is 11.6 Å². The van der Waals surface area contributed by atoms with E-state index in [2.05, 4.69) is 15.3 Å². The standard InChI is InChI=1S/C27H22ClN3O3/c1-15(12-24(32)31-27-29-22-6-4-5-7-23(22)30-27)19-13-20-21(17-8-10-18(28)11-9-17)14-34-26(20)16(2)25(19)33-3/h4-14H,1-3H3,(H2,29,30,31,32)/b15-12+. The molecule has 2 N–H and O–H groups in total. The molecule has 7 heteroatoms. The zero-order chi connectivity index (χ0) is 23.8. The second-order valence-electron chi connectivity index (χ2n) is 8.03. The van der Waals surface area contributed by atoms with Crippen LogP contribution in [0.4, 0.5) is 5.95 Å². The number of amides is 1. The number of aromatic amines is 1. The number of para-hydroxylation sites is 2. The molecule has 0 saturated carbocycles. The Kier molecular flexibility index (Phi) is 5.59. The number of carbonyl (C=O) groups is 1. The number of carbonyl (C=O) groups excluding carboxylic acids is 1. The summed E-state index contributed by atoms with van der Waals surface area (Å²) in [5.41, 5.74) is 6.74. The van der Waals surface area contributed by atoms with E-state index in [1.54, 1.807) is 19.4 Å². The van der Waals surface area contributed by atoms with Gasteiger partial charge >= 0.3 is 0 Å². The molecular weight excluding hydrogens is 450 g/mol. The van der Waals surface area contributed by atoms with Crippen LogP contribution in [-0.4, -0.2) is 23.0 Å². The lowest BCUT2D eigenvalue weighted by Crippen LogP contribution is -2.10. The molecule has 0 aliphatic rings. The topological polar surface area (TPSA) is 80.1 Å². The van der Waals surface area contributed by atoms with Gasteiger partial charge in [0.15, 0.2) is 0 Å². The first-order valence-corrected chi connectivity index (χ1v) is 11.1. The Morgan fingerprint density at radius 3 is 2.68 bits per heavy atom. The predicted octanol–water partition coefficient (Wildman–Crippen LogP) is 6.99. The summed E-state index contributed by atoms with van der Waals surface area (Å²) >= 11 is 6.06. The van der Waals surface area contributed by atoms with Crippen LogP contribution < -0.4 is 10.1 Å². The number of allylic oxidation sites excluding steroid dienone is 1. The Balaban J connectivity index is 1.53. The molecule has 1 amide bonds. The third kappa shape index (κ3) is 3.93. The molecule has 170 valence electrons. The second-order valence-corrected chi connectivity index (χ2v) is 8.47. The lowest BCUT2D eigenvalue weighted by Gasteiger charge is -2.13. The summed E-state index contributed by atoms with van der Waals surface area (Å²) in [4.78, 5) is 20.3. The van der Waals surface area contributed by atoms with Gasteiger partial charge in [-0.3, -0.25) is 10.1 Å². The van der Waals surface area contributed by atoms with Crippen LogP contribution in [0.3, 0.4) is 0 Å². The Morgan fingerprint density at radius 2 is 1.94 bits per heavy atom. The van der Waals surface area contributed by atoms with Crippen molar-refractivity contribution in [2.24, 2.45) is 0 Å². The molecule has 0 aliphatic carbocycles. The first kappa shape index (κ1) is 21.8. The summed E-state index contributed by atoms with van der Waals surface area (Å²) in [7, 11) is 1.61. The number of hydrogen-bond acceptors (Lipinski definition) is 4. The highest BCUT2D eigenvalue weighted by molar-refractivity contribution is 6.30. The number of nitrogens with zero attached hydrogens (tertiary/aromatic N) is 1. The van der Waals surface area contributed by atoms with E-state index in [0.717, 1.165) is 49.8 Å². The van der Waals surface area contributed by atoms with Crippen LogP contribution in [0.15, 0.2) is 71.4 Å². The van der Waals surface area contributed by atoms with Crippen LogP contribution in [0, 0.1) is 6.92 Å². The molecule has 2 aromatic heterocycles. The number of H-pyrrole nitrogens is 1. The van der Waals surface area contributed by atoms with E-state index in [-0.39, 0.29) is 5.91 Å². The van der Waals surface area contributed by atoms with Crippen LogP contribution in [0.25, 0.3) is 38.7 Å². The highest BCUT2D eigenvalue weighted by Gasteiger charge is 2.19. The van der Waals surface area contributed by atoms with Crippen molar-refractivity contribution in [2.45, 2.75) is 13.8 Å². The number of aryl methyl sites for hydroxylation is 1. The van der Waals surface area contributed by atoms with Gasteiger partial charge in [-0.15, -0.1) is 0 Å². The van der Waals surface area contributed by atoms with Gasteiger partial charge in [-0.25, -0.2) is 4.98 Å². The monoisotopic (exact) mass is 471 g/mol. The molecule has 5 rings (SSSR count). The first-order valence-electron chi connectivity index (χ1n) is 10.7. The van der Waals surface area contributed by atoms with Gasteiger partial charge in [0.25, 0.3) is 5.91 Å². The fourth-order valence-electron chi connectivity index (χ4n) is 4.16. The Morgan fingerprint density at radius 1 is 1.18 bits per heavy atom. The fourth-order valence-corrected chi connectivity index (χ4v) is 4.29. The van der Waals surface area contributed by atoms with Gasteiger partial charge in [-0.2, -0.15) is 0 Å². The van der Waals surface area contributed by atoms with Crippen molar-refractivity contribution in [3.63, 3.8) is 0 Å². The molecule has 0 atom stereocenters. The number of imidazole rings is 1. The molecule has 2 heterocycles. The summed E-state index contributed by atoms with van der Waals surface area (Å²) in [6, 6.07) is 17.2. The van der Waals surface area contributed by atoms with E-state index >= 15 is 0 Å². The van der Waals surface area contributed by atoms with E-state index in [1.165, 1.54) is 0 Å². The number of halogens is 1. The van der Waals surface area contributed by atoms with Crippen molar-refractivity contribution in [2.75, 3.05) is 12.4 Å². The molecule has 6 nitrogen and oxygen atoms in total. The van der Waals surface area contributed by atoms with Gasteiger partial charge in [0.2, 0.25) is 5.95 Å². The summed E-state index contributed by atoms with van der Waals surface area (Å²) in [6.07, 6.45) is 3.27. The highest BCUT2D eigenvalue weighted by atomic mass is 35.5. The molecule has 34 heavy (non-hydrogen) atoms.